The van der Waals surface area contributed by atoms with Gasteiger partial charge in [0.2, 0.25) is 0 Å². The molecule has 3 aromatic rings. The monoisotopic (exact) mass is 624 g/mol. The van der Waals surface area contributed by atoms with Crippen molar-refractivity contribution in [1.29, 1.82) is 0 Å². The molecule has 3 amide bonds. The number of urea groups is 1. The Morgan fingerprint density at radius 3 is 2.25 bits per heavy atom. The van der Waals surface area contributed by atoms with Crippen LogP contribution in [-0.4, -0.2) is 89.5 Å². The van der Waals surface area contributed by atoms with E-state index >= 15 is 0 Å². The van der Waals surface area contributed by atoms with Gasteiger partial charge in [0.05, 0.1) is 36.6 Å². The van der Waals surface area contributed by atoms with Gasteiger partial charge in [-0.2, -0.15) is 0 Å². The van der Waals surface area contributed by atoms with Crippen molar-refractivity contribution >= 4 is 46.3 Å². The molecule has 234 valence electrons. The Bertz CT molecular complexity index is 1450. The van der Waals surface area contributed by atoms with Crippen LogP contribution in [0.4, 0.5) is 31.9 Å². The molecule has 10 nitrogen and oxygen atoms in total. The zero-order valence-corrected chi connectivity index (χ0v) is 25.5. The second-order valence-electron chi connectivity index (χ2n) is 10.6. The zero-order chi connectivity index (χ0) is 30.9. The van der Waals surface area contributed by atoms with E-state index in [1.54, 1.807) is 19.2 Å². The molecular formula is C32H38ClFN6O4. The maximum atomic E-state index is 13.6. The van der Waals surface area contributed by atoms with E-state index in [2.05, 4.69) is 36.7 Å². The molecule has 0 aromatic heterocycles. The van der Waals surface area contributed by atoms with Crippen molar-refractivity contribution < 1.29 is 23.5 Å². The molecule has 0 spiro atoms. The molecule has 2 fully saturated rings. The summed E-state index contributed by atoms with van der Waals surface area (Å²) in [5, 5.41) is 8.40. The predicted molar refractivity (Wildman–Crippen MR) is 172 cm³/mol. The summed E-state index contributed by atoms with van der Waals surface area (Å²) in [5.41, 5.74) is 3.11. The van der Waals surface area contributed by atoms with E-state index in [1.807, 2.05) is 24.3 Å². The first-order valence-electron chi connectivity index (χ1n) is 14.8. The van der Waals surface area contributed by atoms with Gasteiger partial charge in [0, 0.05) is 62.9 Å². The number of piperazine rings is 1. The molecule has 44 heavy (non-hydrogen) atoms. The number of carbonyl (C=O) groups excluding carboxylic acids is 2. The lowest BCUT2D eigenvalue weighted by Gasteiger charge is -2.38. The maximum absolute atomic E-state index is 13.6. The van der Waals surface area contributed by atoms with Gasteiger partial charge in [0.25, 0.3) is 5.91 Å². The van der Waals surface area contributed by atoms with Crippen LogP contribution in [0.5, 0.6) is 5.75 Å². The maximum Gasteiger partial charge on any atom is 0.323 e. The van der Waals surface area contributed by atoms with Gasteiger partial charge in [-0.05, 0) is 61.5 Å². The minimum atomic E-state index is -0.572. The average molecular weight is 625 g/mol. The summed E-state index contributed by atoms with van der Waals surface area (Å²) in [4.78, 5) is 33.1. The van der Waals surface area contributed by atoms with E-state index in [4.69, 9.17) is 21.1 Å². The quantitative estimate of drug-likeness (QED) is 0.276. The highest BCUT2D eigenvalue weighted by molar-refractivity contribution is 6.31. The van der Waals surface area contributed by atoms with E-state index in [9.17, 15) is 14.0 Å². The first-order valence-corrected chi connectivity index (χ1v) is 15.2. The van der Waals surface area contributed by atoms with Crippen molar-refractivity contribution in [2.45, 2.75) is 6.42 Å². The molecule has 12 heteroatoms. The Hall–Kier alpha value is -4.06. The van der Waals surface area contributed by atoms with Crippen LogP contribution < -0.4 is 30.5 Å². The van der Waals surface area contributed by atoms with Gasteiger partial charge in [0.15, 0.2) is 0 Å². The summed E-state index contributed by atoms with van der Waals surface area (Å²) >= 11 is 5.85. The summed E-state index contributed by atoms with van der Waals surface area (Å²) in [6, 6.07) is 16.7. The highest BCUT2D eigenvalue weighted by Gasteiger charge is 2.24. The summed E-state index contributed by atoms with van der Waals surface area (Å²) in [6.07, 6.45) is 0.819. The molecule has 2 heterocycles. The van der Waals surface area contributed by atoms with Crippen LogP contribution in [-0.2, 0) is 4.74 Å². The van der Waals surface area contributed by atoms with Gasteiger partial charge in [-0.25, -0.2) is 9.18 Å². The molecule has 0 atom stereocenters. The fraction of sp³-hybridized carbons (Fsp3) is 0.375. The summed E-state index contributed by atoms with van der Waals surface area (Å²) in [7, 11) is 1.67. The molecule has 2 saturated heterocycles. The lowest BCUT2D eigenvalue weighted by Crippen LogP contribution is -2.47. The SMILES string of the molecule is COc1ccccc1N1CCN(c2ccc(NC(=O)Nc3ccc(F)c(Cl)c3)cc2C(=O)NCCCN2CCOCC2)CC1. The topological polar surface area (TPSA) is 98.4 Å². The number of hydrogen-bond donors (Lipinski definition) is 3. The summed E-state index contributed by atoms with van der Waals surface area (Å²) < 4.78 is 24.5. The zero-order valence-electron chi connectivity index (χ0n) is 24.8. The van der Waals surface area contributed by atoms with Crippen LogP contribution in [0.3, 0.4) is 0 Å². The second kappa shape index (κ2) is 15.1. The Morgan fingerprint density at radius 1 is 0.886 bits per heavy atom. The third-order valence-corrected chi connectivity index (χ3v) is 8.05. The standard InChI is InChI=1S/C32H38ClFN6O4/c1-43-30-6-3-2-5-29(30)40-15-13-39(14-16-40)28-10-8-23(36-32(42)37-24-7-9-27(34)26(33)22-24)21-25(28)31(41)35-11-4-12-38-17-19-44-20-18-38/h2-3,5-10,21-22H,4,11-20H2,1H3,(H,35,41)(H2,36,37,42). The van der Waals surface area contributed by atoms with Crippen molar-refractivity contribution in [2.75, 3.05) is 93.1 Å². The number of methoxy groups -OCH3 is 1. The molecule has 0 bridgehead atoms. The van der Waals surface area contributed by atoms with Crippen LogP contribution >= 0.6 is 11.6 Å². The van der Waals surface area contributed by atoms with Crippen molar-refractivity contribution in [2.24, 2.45) is 0 Å². The number of amides is 3. The number of hydrogen-bond acceptors (Lipinski definition) is 7. The van der Waals surface area contributed by atoms with E-state index in [-0.39, 0.29) is 10.9 Å². The number of carbonyl (C=O) groups is 2. The number of ether oxygens (including phenoxy) is 2. The lowest BCUT2D eigenvalue weighted by molar-refractivity contribution is 0.0374. The van der Waals surface area contributed by atoms with E-state index in [0.717, 1.165) is 69.5 Å². The van der Waals surface area contributed by atoms with Crippen molar-refractivity contribution in [3.8, 4) is 5.75 Å². The molecule has 0 radical (unpaired) electrons. The van der Waals surface area contributed by atoms with Crippen LogP contribution in [0.1, 0.15) is 16.8 Å². The van der Waals surface area contributed by atoms with Gasteiger partial charge < -0.3 is 35.2 Å². The smallest absolute Gasteiger partial charge is 0.323 e. The molecule has 0 aliphatic carbocycles. The fourth-order valence-corrected chi connectivity index (χ4v) is 5.62. The van der Waals surface area contributed by atoms with Crippen LogP contribution in [0.2, 0.25) is 5.02 Å². The third kappa shape index (κ3) is 8.10. The third-order valence-electron chi connectivity index (χ3n) is 7.76. The van der Waals surface area contributed by atoms with E-state index < -0.39 is 11.8 Å². The van der Waals surface area contributed by atoms with Gasteiger partial charge >= 0.3 is 6.03 Å². The van der Waals surface area contributed by atoms with Crippen LogP contribution in [0.15, 0.2) is 60.7 Å². The highest BCUT2D eigenvalue weighted by Crippen LogP contribution is 2.31. The fourth-order valence-electron chi connectivity index (χ4n) is 5.44. The number of rotatable bonds is 10. The molecule has 3 aromatic carbocycles. The van der Waals surface area contributed by atoms with Gasteiger partial charge in [0.1, 0.15) is 11.6 Å². The summed E-state index contributed by atoms with van der Waals surface area (Å²) in [5.74, 6) is 0.0516. The summed E-state index contributed by atoms with van der Waals surface area (Å²) in [6.45, 7) is 7.60. The van der Waals surface area contributed by atoms with Crippen LogP contribution in [0, 0.1) is 5.82 Å². The average Bonchev–Trinajstić information content (AvgIpc) is 3.05. The van der Waals surface area contributed by atoms with Gasteiger partial charge in [-0.3, -0.25) is 9.69 Å². The number of morpholine rings is 1. The lowest BCUT2D eigenvalue weighted by atomic mass is 10.1. The first kappa shape index (κ1) is 31.4. The highest BCUT2D eigenvalue weighted by atomic mass is 35.5. The largest absolute Gasteiger partial charge is 0.495 e. The van der Waals surface area contributed by atoms with E-state index in [1.165, 1.54) is 18.2 Å². The minimum absolute atomic E-state index is 0.0921. The van der Waals surface area contributed by atoms with Crippen molar-refractivity contribution in [1.82, 2.24) is 10.2 Å². The molecular weight excluding hydrogens is 587 g/mol. The van der Waals surface area contributed by atoms with Gasteiger partial charge in [-0.1, -0.05) is 23.7 Å². The van der Waals surface area contributed by atoms with Crippen molar-refractivity contribution in [3.63, 3.8) is 0 Å². The Morgan fingerprint density at radius 2 is 1.55 bits per heavy atom. The van der Waals surface area contributed by atoms with Gasteiger partial charge in [-0.15, -0.1) is 0 Å². The Balaban J connectivity index is 1.27. The normalized spacial score (nSPS) is 15.5. The van der Waals surface area contributed by atoms with Crippen molar-refractivity contribution in [3.05, 3.63) is 77.1 Å². The molecule has 2 aliphatic rings. The molecule has 2 aliphatic heterocycles. The minimum Gasteiger partial charge on any atom is -0.495 e. The molecule has 0 saturated carbocycles. The number of halogens is 2. The Kier molecular flexibility index (Phi) is 10.8. The number of para-hydroxylation sites is 2. The molecule has 3 N–H and O–H groups in total. The predicted octanol–water partition coefficient (Wildman–Crippen LogP) is 4.91. The molecule has 5 rings (SSSR count). The Labute approximate surface area is 262 Å². The number of anilines is 4. The number of nitrogens with zero attached hydrogens (tertiary/aromatic N) is 3. The number of nitrogens with one attached hydrogen (secondary N) is 3. The first-order chi connectivity index (χ1) is 21.4. The number of benzene rings is 3. The molecule has 0 unspecified atom stereocenters. The second-order valence-corrected chi connectivity index (χ2v) is 11.1. The van der Waals surface area contributed by atoms with E-state index in [0.29, 0.717) is 36.6 Å². The van der Waals surface area contributed by atoms with Crippen LogP contribution in [0.25, 0.3) is 0 Å².